The van der Waals surface area contributed by atoms with Crippen molar-refractivity contribution in [2.24, 2.45) is 5.92 Å². The molecule has 1 saturated heterocycles. The zero-order chi connectivity index (χ0) is 17.3. The second-order valence-corrected chi connectivity index (χ2v) is 6.27. The van der Waals surface area contributed by atoms with Crippen molar-refractivity contribution in [3.63, 3.8) is 0 Å². The Bertz CT molecular complexity index is 792. The molecule has 1 aliphatic rings. The number of anilines is 2. The van der Waals surface area contributed by atoms with E-state index in [2.05, 4.69) is 5.32 Å². The number of carbonyl (C=O) groups is 2. The van der Waals surface area contributed by atoms with Crippen molar-refractivity contribution < 1.29 is 14.0 Å². The van der Waals surface area contributed by atoms with Crippen LogP contribution in [0.1, 0.15) is 12.0 Å². The fraction of sp³-hybridized carbons (Fsp3) is 0.222. The third kappa shape index (κ3) is 3.41. The van der Waals surface area contributed by atoms with Crippen LogP contribution in [-0.4, -0.2) is 18.4 Å². The molecule has 1 fully saturated rings. The molecule has 0 unspecified atom stereocenters. The average Bonchev–Trinajstić information content (AvgIpc) is 2.93. The first kappa shape index (κ1) is 16.5. The van der Waals surface area contributed by atoms with Crippen LogP contribution < -0.4 is 10.2 Å². The molecule has 3 rings (SSSR count). The summed E-state index contributed by atoms with van der Waals surface area (Å²) in [6, 6.07) is 11.1. The van der Waals surface area contributed by atoms with Crippen LogP contribution in [0.2, 0.25) is 5.02 Å². The number of nitrogens with zero attached hydrogens (tertiary/aromatic N) is 1. The summed E-state index contributed by atoms with van der Waals surface area (Å²) in [7, 11) is 0. The molecule has 0 aliphatic carbocycles. The van der Waals surface area contributed by atoms with Crippen LogP contribution in [0.4, 0.5) is 15.8 Å². The third-order valence-electron chi connectivity index (χ3n) is 4.08. The Kier molecular flexibility index (Phi) is 4.53. The summed E-state index contributed by atoms with van der Waals surface area (Å²) in [5.74, 6) is -1.14. The number of hydrogen-bond donors (Lipinski definition) is 1. The molecular formula is C18H16ClFN2O2. The smallest absolute Gasteiger partial charge is 0.229 e. The molecule has 24 heavy (non-hydrogen) atoms. The Morgan fingerprint density at radius 3 is 2.62 bits per heavy atom. The number of nitrogens with one attached hydrogen (secondary N) is 1. The lowest BCUT2D eigenvalue weighted by molar-refractivity contribution is -0.122. The van der Waals surface area contributed by atoms with Gasteiger partial charge in [-0.15, -0.1) is 0 Å². The zero-order valence-corrected chi connectivity index (χ0v) is 13.8. The predicted molar refractivity (Wildman–Crippen MR) is 91.7 cm³/mol. The van der Waals surface area contributed by atoms with Gasteiger partial charge in [0.05, 0.1) is 5.92 Å². The van der Waals surface area contributed by atoms with Gasteiger partial charge in [0.25, 0.3) is 0 Å². The summed E-state index contributed by atoms with van der Waals surface area (Å²) in [6.45, 7) is 2.03. The molecule has 0 aromatic heterocycles. The van der Waals surface area contributed by atoms with Crippen LogP contribution >= 0.6 is 11.6 Å². The Labute approximate surface area is 144 Å². The average molecular weight is 347 g/mol. The molecule has 0 bridgehead atoms. The monoisotopic (exact) mass is 346 g/mol. The summed E-state index contributed by atoms with van der Waals surface area (Å²) in [6.07, 6.45) is 0.148. The SMILES string of the molecule is Cc1cc(F)ccc1NC(=O)[C@H]1CC(=O)N(c2ccc(Cl)cc2)C1. The molecule has 0 radical (unpaired) electrons. The van der Waals surface area contributed by atoms with Gasteiger partial charge in [-0.1, -0.05) is 11.6 Å². The number of aryl methyl sites for hydroxylation is 1. The number of amides is 2. The number of benzene rings is 2. The summed E-state index contributed by atoms with van der Waals surface area (Å²) >= 11 is 5.86. The summed E-state index contributed by atoms with van der Waals surface area (Å²) in [5.41, 5.74) is 1.92. The maximum Gasteiger partial charge on any atom is 0.229 e. The van der Waals surface area contributed by atoms with Gasteiger partial charge < -0.3 is 10.2 Å². The minimum absolute atomic E-state index is 0.103. The van der Waals surface area contributed by atoms with Gasteiger partial charge >= 0.3 is 0 Å². The van der Waals surface area contributed by atoms with Gasteiger partial charge in [-0.3, -0.25) is 9.59 Å². The van der Waals surface area contributed by atoms with Crippen molar-refractivity contribution in [1.82, 2.24) is 0 Å². The number of rotatable bonds is 3. The Morgan fingerprint density at radius 2 is 1.96 bits per heavy atom. The standard InChI is InChI=1S/C18H16ClFN2O2/c1-11-8-14(20)4-7-16(11)21-18(24)12-9-17(23)22(10-12)15-5-2-13(19)3-6-15/h2-8,12H,9-10H2,1H3,(H,21,24)/t12-/m0/s1. The van der Waals surface area contributed by atoms with Crippen molar-refractivity contribution in [1.29, 1.82) is 0 Å². The van der Waals surface area contributed by atoms with Crippen LogP contribution in [0.15, 0.2) is 42.5 Å². The van der Waals surface area contributed by atoms with E-state index in [9.17, 15) is 14.0 Å². The molecule has 6 heteroatoms. The summed E-state index contributed by atoms with van der Waals surface area (Å²) in [5, 5.41) is 3.36. The van der Waals surface area contributed by atoms with Gasteiger partial charge in [0.2, 0.25) is 11.8 Å². The van der Waals surface area contributed by atoms with E-state index < -0.39 is 5.92 Å². The van der Waals surface area contributed by atoms with Gasteiger partial charge in [-0.05, 0) is 55.0 Å². The van der Waals surface area contributed by atoms with Crippen molar-refractivity contribution in [2.45, 2.75) is 13.3 Å². The Hall–Kier alpha value is -2.40. The van der Waals surface area contributed by atoms with Crippen LogP contribution in [0.5, 0.6) is 0 Å². The highest BCUT2D eigenvalue weighted by Crippen LogP contribution is 2.27. The van der Waals surface area contributed by atoms with E-state index in [0.717, 1.165) is 5.69 Å². The molecule has 0 saturated carbocycles. The number of hydrogen-bond acceptors (Lipinski definition) is 2. The van der Waals surface area contributed by atoms with Crippen LogP contribution in [-0.2, 0) is 9.59 Å². The van der Waals surface area contributed by atoms with E-state index in [1.54, 1.807) is 36.1 Å². The van der Waals surface area contributed by atoms with E-state index in [1.807, 2.05) is 0 Å². The fourth-order valence-electron chi connectivity index (χ4n) is 2.76. The first-order valence-electron chi connectivity index (χ1n) is 7.57. The molecule has 2 amide bonds. The Balaban J connectivity index is 1.70. The van der Waals surface area contributed by atoms with Gasteiger partial charge in [-0.2, -0.15) is 0 Å². The lowest BCUT2D eigenvalue weighted by Crippen LogP contribution is -2.28. The van der Waals surface area contributed by atoms with E-state index in [-0.39, 0.29) is 24.1 Å². The lowest BCUT2D eigenvalue weighted by Gasteiger charge is -2.17. The van der Waals surface area contributed by atoms with E-state index in [4.69, 9.17) is 11.6 Å². The van der Waals surface area contributed by atoms with Crippen LogP contribution in [0.3, 0.4) is 0 Å². The fourth-order valence-corrected chi connectivity index (χ4v) is 2.88. The van der Waals surface area contributed by atoms with Crippen LogP contribution in [0, 0.1) is 18.7 Å². The molecule has 1 heterocycles. The van der Waals surface area contributed by atoms with Crippen molar-refractivity contribution in [3.8, 4) is 0 Å². The van der Waals surface area contributed by atoms with Crippen molar-refractivity contribution in [2.75, 3.05) is 16.8 Å². The quantitative estimate of drug-likeness (QED) is 0.919. The molecule has 2 aromatic carbocycles. The first-order valence-corrected chi connectivity index (χ1v) is 7.95. The second kappa shape index (κ2) is 6.61. The molecule has 4 nitrogen and oxygen atoms in total. The first-order chi connectivity index (χ1) is 11.4. The second-order valence-electron chi connectivity index (χ2n) is 5.83. The molecule has 1 aliphatic heterocycles. The summed E-state index contributed by atoms with van der Waals surface area (Å²) < 4.78 is 13.1. The highest BCUT2D eigenvalue weighted by atomic mass is 35.5. The normalized spacial score (nSPS) is 17.2. The number of carbonyl (C=O) groups excluding carboxylic acids is 2. The Morgan fingerprint density at radius 1 is 1.25 bits per heavy atom. The topological polar surface area (TPSA) is 49.4 Å². The lowest BCUT2D eigenvalue weighted by atomic mass is 10.1. The molecule has 2 aromatic rings. The van der Waals surface area contributed by atoms with E-state index in [0.29, 0.717) is 22.8 Å². The maximum atomic E-state index is 13.1. The molecule has 1 atom stereocenters. The zero-order valence-electron chi connectivity index (χ0n) is 13.1. The molecule has 124 valence electrons. The molecule has 0 spiro atoms. The highest BCUT2D eigenvalue weighted by molar-refractivity contribution is 6.30. The maximum absolute atomic E-state index is 13.1. The minimum atomic E-state index is -0.447. The predicted octanol–water partition coefficient (Wildman–Crippen LogP) is 3.78. The highest BCUT2D eigenvalue weighted by Gasteiger charge is 2.35. The van der Waals surface area contributed by atoms with Crippen LogP contribution in [0.25, 0.3) is 0 Å². The van der Waals surface area contributed by atoms with Crippen molar-refractivity contribution >= 4 is 34.8 Å². The van der Waals surface area contributed by atoms with Crippen molar-refractivity contribution in [3.05, 3.63) is 58.9 Å². The number of halogens is 2. The van der Waals surface area contributed by atoms with Gasteiger partial charge in [0, 0.05) is 29.4 Å². The van der Waals surface area contributed by atoms with Gasteiger partial charge in [-0.25, -0.2) is 4.39 Å². The molecular weight excluding hydrogens is 331 g/mol. The van der Waals surface area contributed by atoms with Gasteiger partial charge in [0.1, 0.15) is 5.82 Å². The summed E-state index contributed by atoms with van der Waals surface area (Å²) in [4.78, 5) is 26.2. The molecule has 1 N–H and O–H groups in total. The van der Waals surface area contributed by atoms with E-state index >= 15 is 0 Å². The largest absolute Gasteiger partial charge is 0.326 e. The van der Waals surface area contributed by atoms with E-state index in [1.165, 1.54) is 18.2 Å². The minimum Gasteiger partial charge on any atom is -0.326 e. The third-order valence-corrected chi connectivity index (χ3v) is 4.33. The van der Waals surface area contributed by atoms with Gasteiger partial charge in [0.15, 0.2) is 0 Å².